The molecule has 2 fully saturated rings. The Labute approximate surface area is 220 Å². The van der Waals surface area contributed by atoms with Gasteiger partial charge in [-0.05, 0) is 36.1 Å². The second-order valence-corrected chi connectivity index (χ2v) is 12.7. The van der Waals surface area contributed by atoms with Crippen LogP contribution in [0.3, 0.4) is 0 Å². The molecule has 4 rings (SSSR count). The molecular formula is C23H28F6N4O3S2. The molecule has 2 saturated heterocycles. The number of sulfonamides is 1. The van der Waals surface area contributed by atoms with Gasteiger partial charge in [-0.2, -0.15) is 30.6 Å². The molecule has 0 aliphatic carbocycles. The van der Waals surface area contributed by atoms with Gasteiger partial charge < -0.3 is 15.3 Å². The van der Waals surface area contributed by atoms with Crippen LogP contribution < -0.4 is 10.2 Å². The van der Waals surface area contributed by atoms with Gasteiger partial charge in [0.05, 0.1) is 6.04 Å². The molecule has 1 aromatic carbocycles. The molecule has 0 spiro atoms. The number of thiophene rings is 1. The predicted molar refractivity (Wildman–Crippen MR) is 131 cm³/mol. The molecule has 0 radical (unpaired) electrons. The minimum Gasteiger partial charge on any atom is -0.376 e. The molecule has 2 N–H and O–H groups in total. The number of rotatable bonds is 6. The van der Waals surface area contributed by atoms with Crippen molar-refractivity contribution < 1.29 is 39.9 Å². The number of aliphatic hydroxyl groups is 1. The summed E-state index contributed by atoms with van der Waals surface area (Å²) in [4.78, 5) is 3.42. The molecule has 0 saturated carbocycles. The van der Waals surface area contributed by atoms with Crippen LogP contribution in [-0.2, 0) is 15.6 Å². The summed E-state index contributed by atoms with van der Waals surface area (Å²) in [6.07, 6.45) is -9.33. The predicted octanol–water partition coefficient (Wildman–Crippen LogP) is 3.23. The van der Waals surface area contributed by atoms with Gasteiger partial charge >= 0.3 is 12.4 Å². The Balaban J connectivity index is 1.60. The highest BCUT2D eigenvalue weighted by Gasteiger charge is 2.51. The SMILES string of the molecule is C[C@](O)(c1ccc(N2CCN(S(=O)(=O)c3cccs3)C[C@@H]2CN2CCN[C@H](C(F)(F)F)C2)cc1)C(F)(F)F. The van der Waals surface area contributed by atoms with Crippen LogP contribution in [0, 0.1) is 0 Å². The largest absolute Gasteiger partial charge is 0.421 e. The number of anilines is 1. The van der Waals surface area contributed by atoms with Gasteiger partial charge in [0.2, 0.25) is 0 Å². The van der Waals surface area contributed by atoms with E-state index in [0.717, 1.165) is 23.5 Å². The lowest BCUT2D eigenvalue weighted by atomic mass is 9.95. The van der Waals surface area contributed by atoms with Gasteiger partial charge in [-0.1, -0.05) is 18.2 Å². The molecular weight excluding hydrogens is 558 g/mol. The fraction of sp³-hybridized carbons (Fsp3) is 0.565. The lowest BCUT2D eigenvalue weighted by Crippen LogP contribution is -2.62. The molecule has 0 bridgehead atoms. The molecule has 0 amide bonds. The van der Waals surface area contributed by atoms with Crippen molar-refractivity contribution in [1.29, 1.82) is 0 Å². The van der Waals surface area contributed by atoms with Crippen LogP contribution in [0.2, 0.25) is 0 Å². The van der Waals surface area contributed by atoms with Crippen molar-refractivity contribution in [1.82, 2.24) is 14.5 Å². The molecule has 7 nitrogen and oxygen atoms in total. The summed E-state index contributed by atoms with van der Waals surface area (Å²) in [5.74, 6) is 0. The Kier molecular flexibility index (Phi) is 8.10. The van der Waals surface area contributed by atoms with Gasteiger partial charge in [0.25, 0.3) is 10.0 Å². The van der Waals surface area contributed by atoms with E-state index in [4.69, 9.17) is 0 Å². The Morgan fingerprint density at radius 1 is 1.03 bits per heavy atom. The summed E-state index contributed by atoms with van der Waals surface area (Å²) in [7, 11) is -3.82. The van der Waals surface area contributed by atoms with Gasteiger partial charge in [-0.25, -0.2) is 8.42 Å². The van der Waals surface area contributed by atoms with E-state index in [1.165, 1.54) is 22.5 Å². The van der Waals surface area contributed by atoms with Crippen LogP contribution in [0.1, 0.15) is 12.5 Å². The van der Waals surface area contributed by atoms with E-state index in [-0.39, 0.29) is 49.0 Å². The van der Waals surface area contributed by atoms with E-state index in [0.29, 0.717) is 19.2 Å². The zero-order chi connectivity index (χ0) is 27.9. The number of halogens is 6. The minimum absolute atomic E-state index is 0.0110. The van der Waals surface area contributed by atoms with Crippen molar-refractivity contribution in [2.75, 3.05) is 50.7 Å². The first-order chi connectivity index (χ1) is 17.6. The normalized spacial score (nSPS) is 24.4. The van der Waals surface area contributed by atoms with E-state index in [1.807, 2.05) is 0 Å². The molecule has 2 aliphatic rings. The average molecular weight is 587 g/mol. The topological polar surface area (TPSA) is 76.1 Å². The van der Waals surface area contributed by atoms with Crippen LogP contribution in [0.5, 0.6) is 0 Å². The number of nitrogens with one attached hydrogen (secondary N) is 1. The highest BCUT2D eigenvalue weighted by molar-refractivity contribution is 7.91. The first kappa shape index (κ1) is 29.1. The zero-order valence-corrected chi connectivity index (χ0v) is 22.0. The second-order valence-electron chi connectivity index (χ2n) is 9.57. The lowest BCUT2D eigenvalue weighted by molar-refractivity contribution is -0.258. The second kappa shape index (κ2) is 10.6. The maximum atomic E-state index is 13.3. The van der Waals surface area contributed by atoms with Crippen LogP contribution in [0.15, 0.2) is 46.0 Å². The fourth-order valence-electron chi connectivity index (χ4n) is 4.71. The van der Waals surface area contributed by atoms with Crippen molar-refractivity contribution in [3.8, 4) is 0 Å². The number of hydrogen-bond acceptors (Lipinski definition) is 7. The summed E-state index contributed by atoms with van der Waals surface area (Å²) in [5, 5.41) is 14.1. The van der Waals surface area contributed by atoms with Gasteiger partial charge in [0, 0.05) is 51.5 Å². The van der Waals surface area contributed by atoms with Gasteiger partial charge in [0.1, 0.15) is 10.3 Å². The first-order valence-electron chi connectivity index (χ1n) is 11.8. The number of piperazine rings is 2. The third kappa shape index (κ3) is 5.97. The maximum Gasteiger partial charge on any atom is 0.421 e. The van der Waals surface area contributed by atoms with Gasteiger partial charge in [0.15, 0.2) is 5.60 Å². The molecule has 2 aliphatic heterocycles. The standard InChI is InChI=1S/C23H28F6N4O3S2/c1-21(34,23(27,28)29)16-4-6-17(7-5-16)33-11-10-32(38(35,36)20-3-2-12-37-20)14-18(33)13-31-9-8-30-19(15-31)22(24,25)26/h2-7,12,18-19,30,34H,8-11,13-15H2,1H3/t18-,19-,21-/m0/s1. The van der Waals surface area contributed by atoms with Crippen molar-refractivity contribution in [2.45, 2.75) is 41.2 Å². The quantitative estimate of drug-likeness (QED) is 0.507. The Morgan fingerprint density at radius 2 is 1.71 bits per heavy atom. The smallest absolute Gasteiger partial charge is 0.376 e. The van der Waals surface area contributed by atoms with Crippen LogP contribution in [-0.4, -0.2) is 93.0 Å². The third-order valence-electron chi connectivity index (χ3n) is 6.97. The first-order valence-corrected chi connectivity index (χ1v) is 14.1. The Bertz CT molecular complexity index is 1190. The van der Waals surface area contributed by atoms with Crippen molar-refractivity contribution >= 4 is 27.0 Å². The monoisotopic (exact) mass is 586 g/mol. The van der Waals surface area contributed by atoms with E-state index in [9.17, 15) is 39.9 Å². The van der Waals surface area contributed by atoms with E-state index >= 15 is 0 Å². The van der Waals surface area contributed by atoms with Crippen LogP contribution in [0.4, 0.5) is 32.0 Å². The minimum atomic E-state index is -4.89. The zero-order valence-electron chi connectivity index (χ0n) is 20.3. The summed E-state index contributed by atoms with van der Waals surface area (Å²) < 4.78 is 108. The molecule has 15 heteroatoms. The van der Waals surface area contributed by atoms with E-state index < -0.39 is 40.1 Å². The number of benzene rings is 1. The maximum absolute atomic E-state index is 13.3. The van der Waals surface area contributed by atoms with E-state index in [2.05, 4.69) is 5.32 Å². The summed E-state index contributed by atoms with van der Waals surface area (Å²) in [6.45, 7) is 1.15. The summed E-state index contributed by atoms with van der Waals surface area (Å²) >= 11 is 1.06. The van der Waals surface area contributed by atoms with E-state index in [1.54, 1.807) is 21.2 Å². The third-order valence-corrected chi connectivity index (χ3v) is 10.2. The van der Waals surface area contributed by atoms with Crippen LogP contribution in [0.25, 0.3) is 0 Å². The molecule has 3 atom stereocenters. The fourth-order valence-corrected chi connectivity index (χ4v) is 7.33. The Hall–Kier alpha value is -1.91. The summed E-state index contributed by atoms with van der Waals surface area (Å²) in [5.41, 5.74) is -2.95. The van der Waals surface area contributed by atoms with Gasteiger partial charge in [-0.15, -0.1) is 11.3 Å². The number of alkyl halides is 6. The molecule has 212 valence electrons. The van der Waals surface area contributed by atoms with Gasteiger partial charge in [-0.3, -0.25) is 4.90 Å². The van der Waals surface area contributed by atoms with Crippen molar-refractivity contribution in [2.24, 2.45) is 0 Å². The lowest BCUT2D eigenvalue weighted by Gasteiger charge is -2.45. The van der Waals surface area contributed by atoms with Crippen LogP contribution >= 0.6 is 11.3 Å². The number of hydrogen-bond donors (Lipinski definition) is 2. The molecule has 3 heterocycles. The highest BCUT2D eigenvalue weighted by atomic mass is 32.2. The summed E-state index contributed by atoms with van der Waals surface area (Å²) in [6, 6.07) is 5.92. The molecule has 38 heavy (non-hydrogen) atoms. The molecule has 0 unspecified atom stereocenters. The molecule has 2 aromatic rings. The van der Waals surface area contributed by atoms with Crippen molar-refractivity contribution in [3.05, 3.63) is 47.3 Å². The Morgan fingerprint density at radius 3 is 2.29 bits per heavy atom. The number of nitrogens with zero attached hydrogens (tertiary/aromatic N) is 3. The van der Waals surface area contributed by atoms with Crippen molar-refractivity contribution in [3.63, 3.8) is 0 Å². The average Bonchev–Trinajstić information content (AvgIpc) is 3.39. The highest BCUT2D eigenvalue weighted by Crippen LogP contribution is 2.39. The molecule has 1 aromatic heterocycles.